The van der Waals surface area contributed by atoms with E-state index in [1.54, 1.807) is 0 Å². The summed E-state index contributed by atoms with van der Waals surface area (Å²) >= 11 is 0. The highest BCUT2D eigenvalue weighted by Gasteiger charge is 2.30. The Morgan fingerprint density at radius 3 is 2.90 bits per heavy atom. The van der Waals surface area contributed by atoms with Gasteiger partial charge >= 0.3 is 0 Å². The highest BCUT2D eigenvalue weighted by Crippen LogP contribution is 2.30. The molecule has 1 atom stereocenters. The first-order chi connectivity index (χ1) is 9.75. The van der Waals surface area contributed by atoms with Gasteiger partial charge in [-0.3, -0.25) is 9.59 Å². The number of benzene rings is 1. The zero-order chi connectivity index (χ0) is 13.9. The van der Waals surface area contributed by atoms with Crippen LogP contribution in [-0.2, 0) is 9.59 Å². The lowest BCUT2D eigenvalue weighted by Gasteiger charge is -2.29. The van der Waals surface area contributed by atoms with Crippen molar-refractivity contribution >= 4 is 23.2 Å². The van der Waals surface area contributed by atoms with Crippen molar-refractivity contribution in [3.05, 3.63) is 24.3 Å². The number of nitrogens with zero attached hydrogens (tertiary/aromatic N) is 1. The van der Waals surface area contributed by atoms with Crippen molar-refractivity contribution in [1.29, 1.82) is 0 Å². The first-order valence-electron chi connectivity index (χ1n) is 7.16. The molecule has 0 aromatic heterocycles. The fourth-order valence-electron chi connectivity index (χ4n) is 2.83. The summed E-state index contributed by atoms with van der Waals surface area (Å²) < 4.78 is 0. The number of amides is 2. The zero-order valence-corrected chi connectivity index (χ0v) is 11.4. The Morgan fingerprint density at radius 1 is 1.25 bits per heavy atom. The van der Waals surface area contributed by atoms with Gasteiger partial charge in [-0.25, -0.2) is 0 Å². The summed E-state index contributed by atoms with van der Waals surface area (Å²) in [6, 6.07) is 7.91. The number of fused-ring (bicyclic) bond motifs is 1. The van der Waals surface area contributed by atoms with Gasteiger partial charge in [-0.1, -0.05) is 12.1 Å². The van der Waals surface area contributed by atoms with Gasteiger partial charge in [-0.05, 0) is 25.0 Å². The number of carbonyl (C=O) groups excluding carboxylic acids is 2. The van der Waals surface area contributed by atoms with Crippen LogP contribution in [0.4, 0.5) is 11.4 Å². The molecule has 1 unspecified atom stereocenters. The predicted molar refractivity (Wildman–Crippen MR) is 77.6 cm³/mol. The van der Waals surface area contributed by atoms with Crippen LogP contribution in [0.25, 0.3) is 0 Å². The molecule has 5 nitrogen and oxygen atoms in total. The number of hydrogen-bond donors (Lipinski definition) is 2. The van der Waals surface area contributed by atoms with Crippen molar-refractivity contribution in [2.75, 3.05) is 29.9 Å². The SMILES string of the molecule is O=C1CCC(C(=O)N2CCCNc3ccccc32)CN1. The van der Waals surface area contributed by atoms with Crippen LogP contribution in [0, 0.1) is 5.92 Å². The maximum atomic E-state index is 12.7. The first-order valence-corrected chi connectivity index (χ1v) is 7.16. The molecule has 2 heterocycles. The summed E-state index contributed by atoms with van der Waals surface area (Å²) in [4.78, 5) is 25.8. The molecule has 2 amide bonds. The van der Waals surface area contributed by atoms with Gasteiger partial charge in [0.15, 0.2) is 0 Å². The Morgan fingerprint density at radius 2 is 2.10 bits per heavy atom. The topological polar surface area (TPSA) is 61.4 Å². The Hall–Kier alpha value is -2.04. The van der Waals surface area contributed by atoms with E-state index in [1.807, 2.05) is 29.2 Å². The maximum absolute atomic E-state index is 12.7. The van der Waals surface area contributed by atoms with Crippen molar-refractivity contribution in [2.45, 2.75) is 19.3 Å². The number of hydrogen-bond acceptors (Lipinski definition) is 3. The smallest absolute Gasteiger partial charge is 0.231 e. The van der Waals surface area contributed by atoms with E-state index < -0.39 is 0 Å². The predicted octanol–water partition coefficient (Wildman–Crippen LogP) is 1.36. The Labute approximate surface area is 118 Å². The van der Waals surface area contributed by atoms with E-state index in [0.29, 0.717) is 19.4 Å². The summed E-state index contributed by atoms with van der Waals surface area (Å²) in [5.74, 6) is 0.0759. The van der Waals surface area contributed by atoms with Crippen LogP contribution in [-0.4, -0.2) is 31.4 Å². The van der Waals surface area contributed by atoms with Gasteiger partial charge in [0.05, 0.1) is 17.3 Å². The van der Waals surface area contributed by atoms with Gasteiger partial charge in [-0.2, -0.15) is 0 Å². The summed E-state index contributed by atoms with van der Waals surface area (Å²) in [5, 5.41) is 6.15. The Kier molecular flexibility index (Phi) is 3.58. The number of nitrogens with one attached hydrogen (secondary N) is 2. The van der Waals surface area contributed by atoms with Crippen molar-refractivity contribution < 1.29 is 9.59 Å². The molecule has 106 valence electrons. The minimum atomic E-state index is -0.0983. The van der Waals surface area contributed by atoms with E-state index in [-0.39, 0.29) is 17.7 Å². The largest absolute Gasteiger partial charge is 0.383 e. The fourth-order valence-corrected chi connectivity index (χ4v) is 2.83. The average Bonchev–Trinajstić information content (AvgIpc) is 2.69. The van der Waals surface area contributed by atoms with Gasteiger partial charge in [-0.15, -0.1) is 0 Å². The molecule has 1 aromatic carbocycles. The van der Waals surface area contributed by atoms with Crippen LogP contribution in [0.2, 0.25) is 0 Å². The van der Waals surface area contributed by atoms with Crippen LogP contribution in [0.1, 0.15) is 19.3 Å². The molecule has 0 aliphatic carbocycles. The molecule has 1 fully saturated rings. The quantitative estimate of drug-likeness (QED) is 0.812. The van der Waals surface area contributed by atoms with E-state index in [9.17, 15) is 9.59 Å². The number of para-hydroxylation sites is 2. The molecule has 1 aromatic rings. The number of anilines is 2. The molecule has 5 heteroatoms. The summed E-state index contributed by atoms with van der Waals surface area (Å²) in [6.07, 6.45) is 2.03. The molecule has 0 spiro atoms. The lowest BCUT2D eigenvalue weighted by atomic mass is 9.97. The molecule has 2 N–H and O–H groups in total. The Balaban J connectivity index is 1.82. The third-order valence-electron chi connectivity index (χ3n) is 3.95. The third kappa shape index (κ3) is 2.48. The minimum absolute atomic E-state index is 0.0481. The van der Waals surface area contributed by atoms with E-state index in [1.165, 1.54) is 0 Å². The molecule has 2 aliphatic rings. The second-order valence-corrected chi connectivity index (χ2v) is 5.33. The van der Waals surface area contributed by atoms with Crippen LogP contribution < -0.4 is 15.5 Å². The molecular weight excluding hydrogens is 254 g/mol. The van der Waals surface area contributed by atoms with E-state index >= 15 is 0 Å². The highest BCUT2D eigenvalue weighted by molar-refractivity contribution is 5.99. The normalized spacial score (nSPS) is 22.3. The molecule has 3 rings (SSSR count). The van der Waals surface area contributed by atoms with Crippen molar-refractivity contribution in [2.24, 2.45) is 5.92 Å². The average molecular weight is 273 g/mol. The zero-order valence-electron chi connectivity index (χ0n) is 11.4. The van der Waals surface area contributed by atoms with Gasteiger partial charge in [0.2, 0.25) is 11.8 Å². The van der Waals surface area contributed by atoms with Crippen LogP contribution in [0.3, 0.4) is 0 Å². The lowest BCUT2D eigenvalue weighted by molar-refractivity contribution is -0.127. The minimum Gasteiger partial charge on any atom is -0.383 e. The van der Waals surface area contributed by atoms with Crippen molar-refractivity contribution in [3.8, 4) is 0 Å². The van der Waals surface area contributed by atoms with Crippen LogP contribution >= 0.6 is 0 Å². The van der Waals surface area contributed by atoms with E-state index in [0.717, 1.165) is 30.9 Å². The highest BCUT2D eigenvalue weighted by atomic mass is 16.2. The molecule has 0 bridgehead atoms. The maximum Gasteiger partial charge on any atom is 0.231 e. The summed E-state index contributed by atoms with van der Waals surface area (Å²) in [7, 11) is 0. The second kappa shape index (κ2) is 5.53. The molecule has 0 radical (unpaired) electrons. The van der Waals surface area contributed by atoms with Gasteiger partial charge in [0.1, 0.15) is 0 Å². The van der Waals surface area contributed by atoms with Crippen LogP contribution in [0.15, 0.2) is 24.3 Å². The number of carbonyl (C=O) groups is 2. The van der Waals surface area contributed by atoms with Crippen LogP contribution in [0.5, 0.6) is 0 Å². The van der Waals surface area contributed by atoms with E-state index in [2.05, 4.69) is 10.6 Å². The van der Waals surface area contributed by atoms with Crippen molar-refractivity contribution in [3.63, 3.8) is 0 Å². The second-order valence-electron chi connectivity index (χ2n) is 5.33. The molecular formula is C15H19N3O2. The fraction of sp³-hybridized carbons (Fsp3) is 0.467. The third-order valence-corrected chi connectivity index (χ3v) is 3.95. The molecule has 1 saturated heterocycles. The monoisotopic (exact) mass is 273 g/mol. The molecule has 20 heavy (non-hydrogen) atoms. The Bertz CT molecular complexity index is 520. The summed E-state index contributed by atoms with van der Waals surface area (Å²) in [5.41, 5.74) is 1.96. The van der Waals surface area contributed by atoms with Crippen molar-refractivity contribution in [1.82, 2.24) is 5.32 Å². The van der Waals surface area contributed by atoms with Gasteiger partial charge < -0.3 is 15.5 Å². The van der Waals surface area contributed by atoms with Gasteiger partial charge in [0.25, 0.3) is 0 Å². The number of rotatable bonds is 1. The van der Waals surface area contributed by atoms with E-state index in [4.69, 9.17) is 0 Å². The first kappa shape index (κ1) is 13.0. The lowest BCUT2D eigenvalue weighted by Crippen LogP contribution is -2.45. The number of piperidine rings is 1. The molecule has 2 aliphatic heterocycles. The molecule has 0 saturated carbocycles. The summed E-state index contributed by atoms with van der Waals surface area (Å²) in [6.45, 7) is 2.07. The standard InChI is InChI=1S/C15H19N3O2/c19-14-7-6-11(10-17-14)15(20)18-9-3-8-16-12-4-1-2-5-13(12)18/h1-2,4-5,11,16H,3,6-10H2,(H,17,19). The van der Waals surface area contributed by atoms with Gasteiger partial charge in [0, 0.05) is 26.1 Å².